The summed E-state index contributed by atoms with van der Waals surface area (Å²) in [5.41, 5.74) is 2.20. The molecule has 2 heterocycles. The molecule has 0 saturated heterocycles. The monoisotopic (exact) mass is 514 g/mol. The summed E-state index contributed by atoms with van der Waals surface area (Å²) < 4.78 is 30.0. The molecule has 9 heteroatoms. The van der Waals surface area contributed by atoms with E-state index in [0.717, 1.165) is 5.56 Å². The van der Waals surface area contributed by atoms with Gasteiger partial charge in [-0.3, -0.25) is 19.3 Å². The largest absolute Gasteiger partial charge is 0.485 e. The number of ketones is 1. The topological polar surface area (TPSA) is 98.1 Å². The van der Waals surface area contributed by atoms with Crippen LogP contribution in [0, 0.1) is 12.7 Å². The first-order valence-corrected chi connectivity index (χ1v) is 11.8. The van der Waals surface area contributed by atoms with E-state index in [-0.39, 0.29) is 37.2 Å². The maximum Gasteiger partial charge on any atom is 0.291 e. The van der Waals surface area contributed by atoms with Gasteiger partial charge in [-0.1, -0.05) is 12.1 Å². The van der Waals surface area contributed by atoms with Crippen molar-refractivity contribution in [3.63, 3.8) is 0 Å². The first kappa shape index (κ1) is 24.8. The molecule has 0 aliphatic carbocycles. The summed E-state index contributed by atoms with van der Waals surface area (Å²) in [4.78, 5) is 39.5. The van der Waals surface area contributed by atoms with Crippen molar-refractivity contribution in [3.8, 4) is 11.5 Å². The summed E-state index contributed by atoms with van der Waals surface area (Å²) >= 11 is 0. The average Bonchev–Trinajstić information content (AvgIpc) is 3.39. The number of ether oxygens (including phenoxy) is 2. The van der Waals surface area contributed by atoms with Crippen LogP contribution in [0.5, 0.6) is 11.5 Å². The smallest absolute Gasteiger partial charge is 0.291 e. The van der Waals surface area contributed by atoms with E-state index in [9.17, 15) is 18.8 Å². The van der Waals surface area contributed by atoms with Crippen molar-refractivity contribution >= 4 is 29.0 Å². The van der Waals surface area contributed by atoms with E-state index in [4.69, 9.17) is 13.9 Å². The number of hydrogen-bond acceptors (Lipinski definition) is 6. The third kappa shape index (κ3) is 5.57. The second-order valence-electron chi connectivity index (χ2n) is 8.71. The molecule has 0 unspecified atom stereocenters. The van der Waals surface area contributed by atoms with Crippen molar-refractivity contribution in [1.82, 2.24) is 0 Å². The number of nitrogens with zero attached hydrogens (tertiary/aromatic N) is 1. The Morgan fingerprint density at radius 3 is 2.63 bits per heavy atom. The number of fused-ring (bicyclic) bond motifs is 1. The third-order valence-corrected chi connectivity index (χ3v) is 5.88. The number of nitrogens with one attached hydrogen (secondary N) is 1. The molecular weight excluding hydrogens is 491 g/mol. The highest BCUT2D eigenvalue weighted by Gasteiger charge is 2.28. The molecule has 1 N–H and O–H groups in total. The van der Waals surface area contributed by atoms with Crippen LogP contribution in [0.15, 0.2) is 83.3 Å². The minimum atomic E-state index is -0.516. The van der Waals surface area contributed by atoms with Gasteiger partial charge in [0, 0.05) is 11.3 Å². The number of rotatable bonds is 8. The Balaban J connectivity index is 1.29. The van der Waals surface area contributed by atoms with Crippen LogP contribution in [0.4, 0.5) is 15.8 Å². The van der Waals surface area contributed by atoms with Crippen LogP contribution >= 0.6 is 0 Å². The zero-order valence-corrected chi connectivity index (χ0v) is 20.4. The Bertz CT molecular complexity index is 1510. The lowest BCUT2D eigenvalue weighted by molar-refractivity contribution is -0.121. The Hall–Kier alpha value is -4.92. The minimum absolute atomic E-state index is 0.0243. The van der Waals surface area contributed by atoms with Crippen LogP contribution in [0.2, 0.25) is 0 Å². The van der Waals surface area contributed by atoms with Gasteiger partial charge in [0.25, 0.3) is 11.8 Å². The average molecular weight is 515 g/mol. The molecule has 8 nitrogen and oxygen atoms in total. The van der Waals surface area contributed by atoms with Gasteiger partial charge >= 0.3 is 0 Å². The Morgan fingerprint density at radius 2 is 1.84 bits per heavy atom. The molecule has 3 aromatic carbocycles. The molecule has 0 saturated carbocycles. The van der Waals surface area contributed by atoms with Gasteiger partial charge in [0.2, 0.25) is 0 Å². The number of furan rings is 1. The maximum atomic E-state index is 13.1. The normalized spacial score (nSPS) is 12.5. The van der Waals surface area contributed by atoms with Crippen molar-refractivity contribution in [2.24, 2.45) is 0 Å². The van der Waals surface area contributed by atoms with Gasteiger partial charge in [0.1, 0.15) is 23.1 Å². The third-order valence-electron chi connectivity index (χ3n) is 5.88. The summed E-state index contributed by atoms with van der Waals surface area (Å²) in [6, 6.07) is 20.7. The number of hydrogen-bond donors (Lipinski definition) is 1. The standard InChI is InChI=1S/C29H23FN2O6/c1-18-3-2-4-22(13-18)36-16-25(33)19-5-11-26-24(14-19)32(28(34)17-37-26)15-23-10-12-27(38-23)29(35)31-21-8-6-20(30)7-9-21/h2-14H,15-17H2,1H3,(H,31,35). The fourth-order valence-corrected chi connectivity index (χ4v) is 3.95. The van der Waals surface area contributed by atoms with E-state index in [0.29, 0.717) is 34.2 Å². The molecule has 0 bridgehead atoms. The lowest BCUT2D eigenvalue weighted by Crippen LogP contribution is -2.38. The van der Waals surface area contributed by atoms with Gasteiger partial charge in [0.05, 0.1) is 12.2 Å². The molecule has 0 fully saturated rings. The number of aryl methyl sites for hydroxylation is 1. The van der Waals surface area contributed by atoms with E-state index in [1.54, 1.807) is 30.3 Å². The quantitative estimate of drug-likeness (QED) is 0.326. The highest BCUT2D eigenvalue weighted by molar-refractivity contribution is 6.03. The van der Waals surface area contributed by atoms with Crippen molar-refractivity contribution in [3.05, 3.63) is 107 Å². The Kier molecular flexibility index (Phi) is 6.90. The number of carbonyl (C=O) groups is 3. The highest BCUT2D eigenvalue weighted by Crippen LogP contribution is 2.34. The second kappa shape index (κ2) is 10.6. The molecule has 192 valence electrons. The number of Topliss-reactive ketones (excluding diaryl/α,β-unsaturated/α-hetero) is 1. The number of halogens is 1. The van der Waals surface area contributed by atoms with Gasteiger partial charge in [-0.2, -0.15) is 0 Å². The van der Waals surface area contributed by atoms with Gasteiger partial charge in [-0.05, 0) is 79.2 Å². The molecule has 0 atom stereocenters. The molecule has 1 aliphatic rings. The summed E-state index contributed by atoms with van der Waals surface area (Å²) in [6.45, 7) is 1.62. The van der Waals surface area contributed by atoms with E-state index in [1.165, 1.54) is 35.2 Å². The fourth-order valence-electron chi connectivity index (χ4n) is 3.95. The highest BCUT2D eigenvalue weighted by atomic mass is 19.1. The predicted octanol–water partition coefficient (Wildman–Crippen LogP) is 5.17. The summed E-state index contributed by atoms with van der Waals surface area (Å²) in [5, 5.41) is 2.62. The van der Waals surface area contributed by atoms with Crippen LogP contribution in [-0.4, -0.2) is 30.8 Å². The lowest BCUT2D eigenvalue weighted by Gasteiger charge is -2.29. The zero-order chi connectivity index (χ0) is 26.6. The van der Waals surface area contributed by atoms with E-state index in [1.807, 2.05) is 25.1 Å². The molecule has 1 aromatic heterocycles. The van der Waals surface area contributed by atoms with Crippen molar-refractivity contribution < 1.29 is 32.7 Å². The SMILES string of the molecule is Cc1cccc(OCC(=O)c2ccc3c(c2)N(Cc2ccc(C(=O)Nc4ccc(F)cc4)o2)C(=O)CO3)c1. The van der Waals surface area contributed by atoms with Crippen LogP contribution in [-0.2, 0) is 11.3 Å². The Morgan fingerprint density at radius 1 is 1.03 bits per heavy atom. The van der Waals surface area contributed by atoms with Crippen molar-refractivity contribution in [1.29, 1.82) is 0 Å². The molecule has 0 spiro atoms. The minimum Gasteiger partial charge on any atom is -0.485 e. The predicted molar refractivity (Wildman–Crippen MR) is 137 cm³/mol. The van der Waals surface area contributed by atoms with E-state index >= 15 is 0 Å². The first-order chi connectivity index (χ1) is 18.4. The van der Waals surface area contributed by atoms with Gasteiger partial charge in [-0.15, -0.1) is 0 Å². The molecule has 1 aliphatic heterocycles. The molecule has 5 rings (SSSR count). The van der Waals surface area contributed by atoms with Gasteiger partial charge in [0.15, 0.2) is 24.8 Å². The number of carbonyl (C=O) groups excluding carboxylic acids is 3. The van der Waals surface area contributed by atoms with E-state index < -0.39 is 11.7 Å². The van der Waals surface area contributed by atoms with Crippen LogP contribution in [0.25, 0.3) is 0 Å². The van der Waals surface area contributed by atoms with Crippen LogP contribution < -0.4 is 19.7 Å². The summed E-state index contributed by atoms with van der Waals surface area (Å²) in [6.07, 6.45) is 0. The van der Waals surface area contributed by atoms with Gasteiger partial charge < -0.3 is 19.2 Å². The van der Waals surface area contributed by atoms with Crippen molar-refractivity contribution in [2.45, 2.75) is 13.5 Å². The zero-order valence-electron chi connectivity index (χ0n) is 20.4. The van der Waals surface area contributed by atoms with E-state index in [2.05, 4.69) is 5.32 Å². The number of amides is 2. The lowest BCUT2D eigenvalue weighted by atomic mass is 10.1. The molecule has 0 radical (unpaired) electrons. The maximum absolute atomic E-state index is 13.1. The van der Waals surface area contributed by atoms with Gasteiger partial charge in [-0.25, -0.2) is 4.39 Å². The summed E-state index contributed by atoms with van der Waals surface area (Å²) in [5.74, 6) is -0.0927. The van der Waals surface area contributed by atoms with Crippen LogP contribution in [0.1, 0.15) is 32.2 Å². The first-order valence-electron chi connectivity index (χ1n) is 11.8. The second-order valence-corrected chi connectivity index (χ2v) is 8.71. The van der Waals surface area contributed by atoms with Crippen molar-refractivity contribution in [2.75, 3.05) is 23.4 Å². The number of anilines is 2. The Labute approximate surface area is 217 Å². The fraction of sp³-hybridized carbons (Fsp3) is 0.138. The molecular formula is C29H23FN2O6. The number of benzene rings is 3. The van der Waals surface area contributed by atoms with Crippen LogP contribution in [0.3, 0.4) is 0 Å². The summed E-state index contributed by atoms with van der Waals surface area (Å²) in [7, 11) is 0. The molecule has 2 amide bonds. The molecule has 4 aromatic rings. The molecule has 38 heavy (non-hydrogen) atoms.